The summed E-state index contributed by atoms with van der Waals surface area (Å²) < 4.78 is 41.3. The maximum Gasteiger partial charge on any atom is 0.251 e. The van der Waals surface area contributed by atoms with E-state index in [9.17, 15) is 22.4 Å². The van der Waals surface area contributed by atoms with Gasteiger partial charge >= 0.3 is 0 Å². The van der Waals surface area contributed by atoms with E-state index in [0.717, 1.165) is 5.56 Å². The van der Waals surface area contributed by atoms with Crippen molar-refractivity contribution in [3.8, 4) is 0 Å². The Morgan fingerprint density at radius 3 is 2.22 bits per heavy atom. The number of amides is 1. The molecule has 6 nitrogen and oxygen atoms in total. The van der Waals surface area contributed by atoms with Crippen LogP contribution in [-0.2, 0) is 27.7 Å². The molecule has 0 aliphatic carbocycles. The lowest BCUT2D eigenvalue weighted by Crippen LogP contribution is -2.43. The molecular weight excluding hydrogens is 491 g/mol. The minimum Gasteiger partial charge on any atom is -0.342 e. The lowest BCUT2D eigenvalue weighted by molar-refractivity contribution is -0.120. The predicted molar refractivity (Wildman–Crippen MR) is 141 cm³/mol. The summed E-state index contributed by atoms with van der Waals surface area (Å²) in [5, 5.41) is 3.97. The second-order valence-corrected chi connectivity index (χ2v) is 10.4. The SMILES string of the molecule is CCNS(=O)(=O)c1cccc2c(CC(=O)[C@H](Cc3ccccc3)NC(=O)c3ccc(F)cc3)cccc12. The number of fused-ring (bicyclic) bond motifs is 1. The predicted octanol–water partition coefficient (Wildman–Crippen LogP) is 4.43. The van der Waals surface area contributed by atoms with Crippen LogP contribution in [0.4, 0.5) is 4.39 Å². The molecule has 0 unspecified atom stereocenters. The largest absolute Gasteiger partial charge is 0.342 e. The van der Waals surface area contributed by atoms with E-state index in [4.69, 9.17) is 0 Å². The van der Waals surface area contributed by atoms with Crippen LogP contribution in [-0.4, -0.2) is 32.7 Å². The third kappa shape index (κ3) is 6.28. The Hall–Kier alpha value is -3.88. The summed E-state index contributed by atoms with van der Waals surface area (Å²) in [5.74, 6) is -1.17. The van der Waals surface area contributed by atoms with Gasteiger partial charge in [0.25, 0.3) is 5.91 Å². The van der Waals surface area contributed by atoms with Crippen LogP contribution in [0.15, 0.2) is 95.9 Å². The Morgan fingerprint density at radius 1 is 0.838 bits per heavy atom. The second kappa shape index (κ2) is 11.5. The number of ketones is 1. The summed E-state index contributed by atoms with van der Waals surface area (Å²) in [6.07, 6.45) is 0.265. The molecule has 4 rings (SSSR count). The number of carbonyl (C=O) groups is 2. The molecule has 0 aliphatic heterocycles. The van der Waals surface area contributed by atoms with Crippen LogP contribution >= 0.6 is 0 Å². The van der Waals surface area contributed by atoms with Crippen molar-refractivity contribution in [3.63, 3.8) is 0 Å². The maximum absolute atomic E-state index is 13.6. The van der Waals surface area contributed by atoms with Gasteiger partial charge in [-0.05, 0) is 53.3 Å². The second-order valence-electron chi connectivity index (χ2n) is 8.64. The van der Waals surface area contributed by atoms with Crippen molar-refractivity contribution < 1.29 is 22.4 Å². The van der Waals surface area contributed by atoms with Crippen LogP contribution in [0.3, 0.4) is 0 Å². The Morgan fingerprint density at radius 2 is 1.51 bits per heavy atom. The summed E-state index contributed by atoms with van der Waals surface area (Å²) in [4.78, 5) is 26.6. The summed E-state index contributed by atoms with van der Waals surface area (Å²) in [7, 11) is -3.71. The average molecular weight is 519 g/mol. The van der Waals surface area contributed by atoms with E-state index < -0.39 is 27.8 Å². The Kier molecular flexibility index (Phi) is 8.11. The van der Waals surface area contributed by atoms with Gasteiger partial charge in [-0.15, -0.1) is 0 Å². The van der Waals surface area contributed by atoms with Gasteiger partial charge in [0.2, 0.25) is 10.0 Å². The molecule has 0 bridgehead atoms. The fourth-order valence-electron chi connectivity index (χ4n) is 4.25. The molecule has 4 aromatic rings. The molecule has 0 aromatic heterocycles. The highest BCUT2D eigenvalue weighted by molar-refractivity contribution is 7.89. The molecule has 0 heterocycles. The number of halogens is 1. The maximum atomic E-state index is 13.6. The molecule has 8 heteroatoms. The van der Waals surface area contributed by atoms with Crippen LogP contribution < -0.4 is 10.0 Å². The zero-order chi connectivity index (χ0) is 26.4. The van der Waals surface area contributed by atoms with Crippen molar-refractivity contribution >= 4 is 32.5 Å². The van der Waals surface area contributed by atoms with E-state index in [1.165, 1.54) is 30.3 Å². The monoisotopic (exact) mass is 518 g/mol. The van der Waals surface area contributed by atoms with Crippen LogP contribution in [0.5, 0.6) is 0 Å². The molecule has 0 fully saturated rings. The van der Waals surface area contributed by atoms with E-state index in [-0.39, 0.29) is 35.6 Å². The van der Waals surface area contributed by atoms with Gasteiger partial charge in [-0.25, -0.2) is 17.5 Å². The molecule has 1 atom stereocenters. The van der Waals surface area contributed by atoms with E-state index in [1.54, 1.807) is 37.3 Å². The quantitative estimate of drug-likeness (QED) is 0.325. The first-order valence-corrected chi connectivity index (χ1v) is 13.4. The highest BCUT2D eigenvalue weighted by atomic mass is 32.2. The molecule has 2 N–H and O–H groups in total. The first-order chi connectivity index (χ1) is 17.8. The van der Waals surface area contributed by atoms with Gasteiger partial charge in [-0.2, -0.15) is 0 Å². The molecular formula is C29H27FN2O4S. The number of carbonyl (C=O) groups excluding carboxylic acids is 2. The van der Waals surface area contributed by atoms with Crippen molar-refractivity contribution in [2.45, 2.75) is 30.7 Å². The topological polar surface area (TPSA) is 92.3 Å². The van der Waals surface area contributed by atoms with Crippen molar-refractivity contribution in [2.75, 3.05) is 6.54 Å². The summed E-state index contributed by atoms with van der Waals surface area (Å²) in [6.45, 7) is 1.96. The fourth-order valence-corrected chi connectivity index (χ4v) is 5.51. The van der Waals surface area contributed by atoms with Gasteiger partial charge in [0.05, 0.1) is 10.9 Å². The van der Waals surface area contributed by atoms with Gasteiger partial charge in [-0.3, -0.25) is 9.59 Å². The molecule has 0 saturated heterocycles. The van der Waals surface area contributed by atoms with Crippen molar-refractivity contribution in [3.05, 3.63) is 114 Å². The molecule has 37 heavy (non-hydrogen) atoms. The Bertz CT molecular complexity index is 1520. The summed E-state index contributed by atoms with van der Waals surface area (Å²) >= 11 is 0. The van der Waals surface area contributed by atoms with Crippen molar-refractivity contribution in [1.29, 1.82) is 0 Å². The molecule has 0 saturated carbocycles. The van der Waals surface area contributed by atoms with E-state index in [1.807, 2.05) is 30.3 Å². The number of hydrogen-bond acceptors (Lipinski definition) is 4. The number of sulfonamides is 1. The smallest absolute Gasteiger partial charge is 0.251 e. The highest BCUT2D eigenvalue weighted by Crippen LogP contribution is 2.26. The number of Topliss-reactive ketones (excluding diaryl/α,β-unsaturated/α-hetero) is 1. The van der Waals surface area contributed by atoms with Gasteiger partial charge in [-0.1, -0.05) is 67.6 Å². The van der Waals surface area contributed by atoms with Crippen molar-refractivity contribution in [2.24, 2.45) is 0 Å². The minimum absolute atomic E-state index is 0.0107. The average Bonchev–Trinajstić information content (AvgIpc) is 2.89. The van der Waals surface area contributed by atoms with Gasteiger partial charge in [0.15, 0.2) is 5.78 Å². The van der Waals surface area contributed by atoms with E-state index in [2.05, 4.69) is 10.0 Å². The van der Waals surface area contributed by atoms with Crippen LogP contribution in [0, 0.1) is 5.82 Å². The highest BCUT2D eigenvalue weighted by Gasteiger charge is 2.24. The number of hydrogen-bond donors (Lipinski definition) is 2. The standard InChI is InChI=1S/C29H27FN2O4S/c1-2-31-37(35,36)28-13-7-11-24-22(10-6-12-25(24)28)19-27(33)26(18-20-8-4-3-5-9-20)32-29(34)21-14-16-23(30)17-15-21/h3-17,26,31H,2,18-19H2,1H3,(H,32,34)/t26-/m0/s1. The number of benzene rings is 4. The Balaban J connectivity index is 1.65. The van der Waals surface area contributed by atoms with E-state index in [0.29, 0.717) is 16.3 Å². The Labute approximate surface area is 215 Å². The molecule has 0 aliphatic rings. The zero-order valence-electron chi connectivity index (χ0n) is 20.3. The minimum atomic E-state index is -3.71. The molecule has 0 radical (unpaired) electrons. The van der Waals surface area contributed by atoms with E-state index >= 15 is 0 Å². The zero-order valence-corrected chi connectivity index (χ0v) is 21.1. The molecule has 1 amide bonds. The molecule has 190 valence electrons. The van der Waals surface area contributed by atoms with Crippen LogP contribution in [0.25, 0.3) is 10.8 Å². The molecule has 4 aromatic carbocycles. The lowest BCUT2D eigenvalue weighted by Gasteiger charge is -2.19. The first-order valence-electron chi connectivity index (χ1n) is 11.9. The summed E-state index contributed by atoms with van der Waals surface area (Å²) in [5.41, 5.74) is 1.78. The van der Waals surface area contributed by atoms with Crippen LogP contribution in [0.1, 0.15) is 28.4 Å². The van der Waals surface area contributed by atoms with Crippen molar-refractivity contribution in [1.82, 2.24) is 10.0 Å². The third-order valence-corrected chi connectivity index (χ3v) is 7.65. The fraction of sp³-hybridized carbons (Fsp3) is 0.172. The first kappa shape index (κ1) is 26.2. The number of rotatable bonds is 10. The molecule has 0 spiro atoms. The third-order valence-electron chi connectivity index (χ3n) is 6.04. The lowest BCUT2D eigenvalue weighted by atomic mass is 9.94. The van der Waals surface area contributed by atoms with Gasteiger partial charge < -0.3 is 5.32 Å². The summed E-state index contributed by atoms with van der Waals surface area (Å²) in [6, 6.07) is 23.8. The van der Waals surface area contributed by atoms with Gasteiger partial charge in [0.1, 0.15) is 5.82 Å². The number of nitrogens with one attached hydrogen (secondary N) is 2. The van der Waals surface area contributed by atoms with Crippen LogP contribution in [0.2, 0.25) is 0 Å². The van der Waals surface area contributed by atoms with Gasteiger partial charge in [0, 0.05) is 23.9 Å². The normalized spacial score (nSPS) is 12.3.